The Hall–Kier alpha value is -3.39. The smallest absolute Gasteiger partial charge is 0.407 e. The number of methoxy groups -OCH3 is 1. The molecule has 1 aliphatic rings. The fourth-order valence-corrected chi connectivity index (χ4v) is 4.36. The van der Waals surface area contributed by atoms with Gasteiger partial charge in [0.15, 0.2) is 0 Å². The number of benzene rings is 3. The highest BCUT2D eigenvalue weighted by Crippen LogP contribution is 2.44. The lowest BCUT2D eigenvalue weighted by molar-refractivity contribution is 0.0184. The Bertz CT molecular complexity index is 1170. The summed E-state index contributed by atoms with van der Waals surface area (Å²) in [6.45, 7) is -0.119. The second-order valence-electron chi connectivity index (χ2n) is 7.95. The van der Waals surface area contributed by atoms with Crippen LogP contribution < -0.4 is 5.32 Å². The van der Waals surface area contributed by atoms with Gasteiger partial charge >= 0.3 is 12.1 Å². The van der Waals surface area contributed by atoms with Crippen molar-refractivity contribution < 1.29 is 29.3 Å². The molecule has 0 bridgehead atoms. The number of esters is 1. The van der Waals surface area contributed by atoms with E-state index in [0.717, 1.165) is 22.3 Å². The van der Waals surface area contributed by atoms with E-state index in [0.29, 0.717) is 0 Å². The van der Waals surface area contributed by atoms with Crippen molar-refractivity contribution in [1.82, 2.24) is 5.32 Å². The lowest BCUT2D eigenvalue weighted by atomic mass is 9.98. The van der Waals surface area contributed by atoms with Gasteiger partial charge in [-0.05, 0) is 39.9 Å². The molecule has 2 atom stereocenters. The van der Waals surface area contributed by atoms with Gasteiger partial charge < -0.3 is 25.0 Å². The molecule has 34 heavy (non-hydrogen) atoms. The first-order valence-corrected chi connectivity index (χ1v) is 11.1. The summed E-state index contributed by atoms with van der Waals surface area (Å²) < 4.78 is 10.1. The van der Waals surface area contributed by atoms with Gasteiger partial charge in [-0.25, -0.2) is 9.59 Å². The Kier molecular flexibility index (Phi) is 7.17. The zero-order valence-corrected chi connectivity index (χ0v) is 19.2. The monoisotopic (exact) mass is 481 g/mol. The Morgan fingerprint density at radius 2 is 1.62 bits per heavy atom. The normalized spacial score (nSPS) is 14.0. The number of aliphatic hydroxyl groups excluding tert-OH is 2. The van der Waals surface area contributed by atoms with Crippen LogP contribution in [0.1, 0.15) is 39.1 Å². The number of halogens is 1. The Morgan fingerprint density at radius 3 is 2.24 bits per heavy atom. The molecule has 4 rings (SSSR count). The predicted octanol–water partition coefficient (Wildman–Crippen LogP) is 4.06. The van der Waals surface area contributed by atoms with Gasteiger partial charge in [-0.3, -0.25) is 0 Å². The molecule has 3 aromatic rings. The molecule has 8 heteroatoms. The molecule has 0 spiro atoms. The number of fused-ring (bicyclic) bond motifs is 3. The van der Waals surface area contributed by atoms with E-state index >= 15 is 0 Å². The second-order valence-corrected chi connectivity index (χ2v) is 8.36. The number of nitrogens with one attached hydrogen (secondary N) is 1. The van der Waals surface area contributed by atoms with Gasteiger partial charge in [0.1, 0.15) is 18.8 Å². The lowest BCUT2D eigenvalue weighted by Crippen LogP contribution is -2.36. The van der Waals surface area contributed by atoms with E-state index in [1.165, 1.54) is 25.3 Å². The van der Waals surface area contributed by atoms with Crippen LogP contribution in [-0.2, 0) is 9.47 Å². The topological polar surface area (TPSA) is 105 Å². The van der Waals surface area contributed by atoms with Gasteiger partial charge in [0, 0.05) is 12.5 Å². The Morgan fingerprint density at radius 1 is 1.00 bits per heavy atom. The van der Waals surface area contributed by atoms with Gasteiger partial charge in [-0.1, -0.05) is 66.2 Å². The minimum absolute atomic E-state index is 0.0670. The van der Waals surface area contributed by atoms with Crippen LogP contribution in [0.2, 0.25) is 5.02 Å². The third-order valence-electron chi connectivity index (χ3n) is 5.90. The van der Waals surface area contributed by atoms with Crippen molar-refractivity contribution >= 4 is 23.7 Å². The van der Waals surface area contributed by atoms with E-state index in [9.17, 15) is 19.8 Å². The first kappa shape index (κ1) is 23.8. The summed E-state index contributed by atoms with van der Waals surface area (Å²) in [4.78, 5) is 24.1. The van der Waals surface area contributed by atoms with Crippen molar-refractivity contribution in [2.24, 2.45) is 0 Å². The van der Waals surface area contributed by atoms with Gasteiger partial charge in [-0.2, -0.15) is 0 Å². The summed E-state index contributed by atoms with van der Waals surface area (Å²) in [6, 6.07) is 20.3. The van der Waals surface area contributed by atoms with E-state index in [4.69, 9.17) is 16.3 Å². The summed E-state index contributed by atoms with van der Waals surface area (Å²) >= 11 is 5.99. The molecule has 1 amide bonds. The molecule has 0 saturated carbocycles. The fraction of sp³-hybridized carbons (Fsp3) is 0.231. The number of ether oxygens (including phenoxy) is 2. The maximum absolute atomic E-state index is 12.3. The minimum atomic E-state index is -1.37. The van der Waals surface area contributed by atoms with Crippen LogP contribution in [-0.4, -0.2) is 48.6 Å². The zero-order valence-electron chi connectivity index (χ0n) is 18.4. The number of carbonyl (C=O) groups excluding carboxylic acids is 2. The van der Waals surface area contributed by atoms with Crippen molar-refractivity contribution in [1.29, 1.82) is 0 Å². The maximum Gasteiger partial charge on any atom is 0.407 e. The molecule has 0 saturated heterocycles. The SMILES string of the molecule is COC(=O)c1cc(C(O)C(O)CNC(=O)OCC2c3ccccc3-c3ccccc32)ccc1Cl. The molecule has 176 valence electrons. The lowest BCUT2D eigenvalue weighted by Gasteiger charge is -2.20. The molecular weight excluding hydrogens is 458 g/mol. The van der Waals surface area contributed by atoms with Crippen LogP contribution in [0, 0.1) is 0 Å². The molecule has 3 N–H and O–H groups in total. The van der Waals surface area contributed by atoms with Crippen LogP contribution in [0.15, 0.2) is 66.7 Å². The molecular formula is C26H24ClNO6. The molecule has 0 fully saturated rings. The Labute approximate surface area is 201 Å². The molecule has 0 heterocycles. The van der Waals surface area contributed by atoms with Gasteiger partial charge in [0.2, 0.25) is 0 Å². The molecule has 0 aromatic heterocycles. The van der Waals surface area contributed by atoms with Crippen molar-refractivity contribution in [3.63, 3.8) is 0 Å². The van der Waals surface area contributed by atoms with Gasteiger partial charge in [-0.15, -0.1) is 0 Å². The highest BCUT2D eigenvalue weighted by Gasteiger charge is 2.29. The van der Waals surface area contributed by atoms with Crippen LogP contribution in [0.3, 0.4) is 0 Å². The second kappa shape index (κ2) is 10.3. The van der Waals surface area contributed by atoms with Gasteiger partial charge in [0.25, 0.3) is 0 Å². The average Bonchev–Trinajstić information content (AvgIpc) is 3.19. The minimum Gasteiger partial charge on any atom is -0.465 e. The van der Waals surface area contributed by atoms with Crippen molar-refractivity contribution in [2.45, 2.75) is 18.1 Å². The Balaban J connectivity index is 1.35. The summed E-state index contributed by atoms with van der Waals surface area (Å²) in [5.74, 6) is -0.746. The summed E-state index contributed by atoms with van der Waals surface area (Å²) in [5, 5.41) is 23.4. The van der Waals surface area contributed by atoms with Crippen molar-refractivity contribution in [3.8, 4) is 11.1 Å². The van der Waals surface area contributed by atoms with Crippen molar-refractivity contribution in [2.75, 3.05) is 20.3 Å². The van der Waals surface area contributed by atoms with E-state index in [1.54, 1.807) is 0 Å². The maximum atomic E-state index is 12.3. The summed E-state index contributed by atoms with van der Waals surface area (Å²) in [6.07, 6.45) is -3.42. The number of hydrogen-bond donors (Lipinski definition) is 3. The molecule has 2 unspecified atom stereocenters. The van der Waals surface area contributed by atoms with Crippen LogP contribution in [0.4, 0.5) is 4.79 Å². The van der Waals surface area contributed by atoms with Gasteiger partial charge in [0.05, 0.1) is 17.7 Å². The number of rotatable bonds is 7. The number of alkyl carbamates (subject to hydrolysis) is 1. The number of carbonyl (C=O) groups is 2. The molecule has 3 aromatic carbocycles. The largest absolute Gasteiger partial charge is 0.465 e. The quantitative estimate of drug-likeness (QED) is 0.439. The number of amides is 1. The molecule has 0 radical (unpaired) electrons. The van der Waals surface area contributed by atoms with E-state index in [2.05, 4.69) is 10.1 Å². The summed E-state index contributed by atoms with van der Waals surface area (Å²) in [5.41, 5.74) is 4.76. The van der Waals surface area contributed by atoms with E-state index in [1.807, 2.05) is 48.5 Å². The first-order chi connectivity index (χ1) is 16.4. The van der Waals surface area contributed by atoms with Crippen LogP contribution in [0.25, 0.3) is 11.1 Å². The average molecular weight is 482 g/mol. The highest BCUT2D eigenvalue weighted by atomic mass is 35.5. The standard InChI is InChI=1S/C26H24ClNO6/c1-33-25(31)20-12-15(10-11-22(20)27)24(30)23(29)13-28-26(32)34-14-21-18-8-4-2-6-16(18)17-7-3-5-9-19(17)21/h2-12,21,23-24,29-30H,13-14H2,1H3,(H,28,32). The third-order valence-corrected chi connectivity index (χ3v) is 6.23. The summed E-state index contributed by atoms with van der Waals surface area (Å²) in [7, 11) is 1.22. The first-order valence-electron chi connectivity index (χ1n) is 10.7. The number of hydrogen-bond acceptors (Lipinski definition) is 6. The van der Waals surface area contributed by atoms with E-state index < -0.39 is 24.3 Å². The predicted molar refractivity (Wildman–Crippen MR) is 127 cm³/mol. The third kappa shape index (κ3) is 4.77. The highest BCUT2D eigenvalue weighted by molar-refractivity contribution is 6.33. The molecule has 0 aliphatic heterocycles. The molecule has 7 nitrogen and oxygen atoms in total. The van der Waals surface area contributed by atoms with E-state index in [-0.39, 0.29) is 35.2 Å². The van der Waals surface area contributed by atoms with Crippen LogP contribution >= 0.6 is 11.6 Å². The number of aliphatic hydroxyl groups is 2. The zero-order chi connectivity index (χ0) is 24.2. The van der Waals surface area contributed by atoms with Crippen molar-refractivity contribution in [3.05, 3.63) is 94.0 Å². The fourth-order valence-electron chi connectivity index (χ4n) is 4.16. The van der Waals surface area contributed by atoms with Crippen LogP contribution in [0.5, 0.6) is 0 Å². The molecule has 1 aliphatic carbocycles.